The Hall–Kier alpha value is -1.00. The van der Waals surface area contributed by atoms with Gasteiger partial charge in [-0.05, 0) is 36.4 Å². The fourth-order valence-corrected chi connectivity index (χ4v) is 2.35. The van der Waals surface area contributed by atoms with Gasteiger partial charge in [0.2, 0.25) is 11.7 Å². The minimum absolute atomic E-state index is 0.612. The third kappa shape index (κ3) is 3.50. The summed E-state index contributed by atoms with van der Waals surface area (Å²) in [6, 6.07) is 8.21. The molecule has 0 fully saturated rings. The Morgan fingerprint density at radius 2 is 2.06 bits per heavy atom. The van der Waals surface area contributed by atoms with Crippen molar-refractivity contribution in [3.63, 3.8) is 0 Å². The quantitative estimate of drug-likeness (QED) is 0.592. The molecule has 1 heterocycles. The largest absolute Gasteiger partial charge is 0.339 e. The van der Waals surface area contributed by atoms with Crippen molar-refractivity contribution in [2.75, 3.05) is 11.6 Å². The van der Waals surface area contributed by atoms with E-state index in [2.05, 4.69) is 29.2 Å². The topological polar surface area (TPSA) is 38.9 Å². The normalized spacial score (nSPS) is 10.8. The van der Waals surface area contributed by atoms with Crippen LogP contribution in [0.1, 0.15) is 19.2 Å². The zero-order valence-corrected chi connectivity index (χ0v) is 11.8. The summed E-state index contributed by atoms with van der Waals surface area (Å²) in [6.07, 6.45) is 1.59. The Kier molecular flexibility index (Phi) is 5.08. The van der Waals surface area contributed by atoms with Crippen LogP contribution in [-0.4, -0.2) is 21.8 Å². The summed E-state index contributed by atoms with van der Waals surface area (Å²) in [5, 5.41) is 3.98. The molecule has 5 heteroatoms. The summed E-state index contributed by atoms with van der Waals surface area (Å²) in [5.74, 6) is 2.98. The highest BCUT2D eigenvalue weighted by Gasteiger charge is 2.08. The zero-order chi connectivity index (χ0) is 12.8. The summed E-state index contributed by atoms with van der Waals surface area (Å²) < 4.78 is 5.17. The van der Waals surface area contributed by atoms with Gasteiger partial charge in [0.25, 0.3) is 0 Å². The number of aryl methyl sites for hydroxylation is 1. The first-order chi connectivity index (χ1) is 8.83. The summed E-state index contributed by atoms with van der Waals surface area (Å²) in [6.45, 7) is 2.14. The van der Waals surface area contributed by atoms with Crippen LogP contribution in [0.25, 0.3) is 11.4 Å². The van der Waals surface area contributed by atoms with E-state index in [1.54, 1.807) is 0 Å². The molecule has 0 atom stereocenters. The lowest BCUT2D eigenvalue weighted by Crippen LogP contribution is -1.86. The lowest BCUT2D eigenvalue weighted by molar-refractivity contribution is 0.378. The van der Waals surface area contributed by atoms with Gasteiger partial charge >= 0.3 is 0 Å². The highest BCUT2D eigenvalue weighted by molar-refractivity contribution is 7.99. The highest BCUT2D eigenvalue weighted by atomic mass is 35.5. The maximum absolute atomic E-state index is 5.63. The molecule has 1 aromatic carbocycles. The van der Waals surface area contributed by atoms with Crippen molar-refractivity contribution < 1.29 is 4.52 Å². The fourth-order valence-electron chi connectivity index (χ4n) is 1.56. The van der Waals surface area contributed by atoms with Crippen LogP contribution in [0.4, 0.5) is 0 Å². The van der Waals surface area contributed by atoms with E-state index < -0.39 is 0 Å². The number of aromatic nitrogens is 2. The lowest BCUT2D eigenvalue weighted by atomic mass is 10.2. The minimum atomic E-state index is 0.612. The second-order valence-corrected chi connectivity index (χ2v) is 5.48. The van der Waals surface area contributed by atoms with Crippen molar-refractivity contribution in [3.8, 4) is 11.4 Å². The molecule has 0 aliphatic heterocycles. The van der Waals surface area contributed by atoms with Crippen molar-refractivity contribution in [3.05, 3.63) is 30.2 Å². The third-order valence-corrected chi connectivity index (χ3v) is 3.58. The Balaban J connectivity index is 2.08. The molecule has 0 aliphatic carbocycles. The van der Waals surface area contributed by atoms with Crippen LogP contribution < -0.4 is 0 Å². The molecule has 0 amide bonds. The summed E-state index contributed by atoms with van der Waals surface area (Å²) >= 11 is 7.45. The first-order valence-corrected chi connectivity index (χ1v) is 7.47. The molecule has 0 spiro atoms. The minimum Gasteiger partial charge on any atom is -0.339 e. The molecule has 3 nitrogen and oxygen atoms in total. The van der Waals surface area contributed by atoms with E-state index in [0.29, 0.717) is 17.6 Å². The molecule has 2 aromatic rings. The molecule has 0 bridgehead atoms. The first-order valence-electron chi connectivity index (χ1n) is 5.95. The molecular weight excluding hydrogens is 268 g/mol. The number of rotatable bonds is 6. The number of alkyl halides is 1. The van der Waals surface area contributed by atoms with E-state index in [-0.39, 0.29) is 0 Å². The number of nitrogens with zero attached hydrogens (tertiary/aromatic N) is 2. The van der Waals surface area contributed by atoms with E-state index in [9.17, 15) is 0 Å². The van der Waals surface area contributed by atoms with Crippen molar-refractivity contribution in [2.45, 2.75) is 24.7 Å². The van der Waals surface area contributed by atoms with Gasteiger partial charge in [-0.15, -0.1) is 23.4 Å². The predicted molar refractivity (Wildman–Crippen MR) is 75.2 cm³/mol. The van der Waals surface area contributed by atoms with Gasteiger partial charge in [0.1, 0.15) is 0 Å². The second-order valence-electron chi connectivity index (χ2n) is 3.76. The van der Waals surface area contributed by atoms with Crippen LogP contribution in [0.2, 0.25) is 0 Å². The summed E-state index contributed by atoms with van der Waals surface area (Å²) in [7, 11) is 0. The van der Waals surface area contributed by atoms with Crippen LogP contribution in [0, 0.1) is 0 Å². The van der Waals surface area contributed by atoms with Crippen molar-refractivity contribution >= 4 is 23.4 Å². The average molecular weight is 283 g/mol. The maximum Gasteiger partial charge on any atom is 0.227 e. The standard InChI is InChI=1S/C13H15ClN2OS/c1-2-18-11-7-5-10(6-8-11)13-15-12(17-16-13)4-3-9-14/h5-8H,2-4,9H2,1H3. The summed E-state index contributed by atoms with van der Waals surface area (Å²) in [5.41, 5.74) is 0.983. The molecule has 0 N–H and O–H groups in total. The first kappa shape index (κ1) is 13.4. The van der Waals surface area contributed by atoms with Crippen LogP contribution in [0.3, 0.4) is 0 Å². The van der Waals surface area contributed by atoms with Crippen LogP contribution >= 0.6 is 23.4 Å². The second kappa shape index (κ2) is 6.81. The van der Waals surface area contributed by atoms with Gasteiger partial charge in [-0.1, -0.05) is 12.1 Å². The predicted octanol–water partition coefficient (Wildman–Crippen LogP) is 4.02. The van der Waals surface area contributed by atoms with E-state index in [1.807, 2.05) is 23.9 Å². The molecule has 0 unspecified atom stereocenters. The van der Waals surface area contributed by atoms with Crippen molar-refractivity contribution in [1.82, 2.24) is 10.1 Å². The molecule has 0 aliphatic rings. The number of hydrogen-bond acceptors (Lipinski definition) is 4. The molecule has 0 saturated carbocycles. The van der Waals surface area contributed by atoms with E-state index in [4.69, 9.17) is 16.1 Å². The zero-order valence-electron chi connectivity index (χ0n) is 10.2. The molecule has 1 aromatic heterocycles. The van der Waals surface area contributed by atoms with Gasteiger partial charge in [-0.2, -0.15) is 4.98 Å². The van der Waals surface area contributed by atoms with Gasteiger partial charge in [0.15, 0.2) is 0 Å². The number of thioether (sulfide) groups is 1. The van der Waals surface area contributed by atoms with Crippen molar-refractivity contribution in [1.29, 1.82) is 0 Å². The van der Waals surface area contributed by atoms with Gasteiger partial charge in [0, 0.05) is 22.8 Å². The maximum atomic E-state index is 5.63. The molecular formula is C13H15ClN2OS. The lowest BCUT2D eigenvalue weighted by Gasteiger charge is -1.98. The van der Waals surface area contributed by atoms with Gasteiger partial charge in [-0.25, -0.2) is 0 Å². The SMILES string of the molecule is CCSc1ccc(-c2noc(CCCCl)n2)cc1. The Morgan fingerprint density at radius 1 is 1.28 bits per heavy atom. The van der Waals surface area contributed by atoms with E-state index in [1.165, 1.54) is 4.90 Å². The van der Waals surface area contributed by atoms with Crippen LogP contribution in [-0.2, 0) is 6.42 Å². The average Bonchev–Trinajstić information content (AvgIpc) is 2.86. The van der Waals surface area contributed by atoms with Gasteiger partial charge in [0.05, 0.1) is 0 Å². The van der Waals surface area contributed by atoms with E-state index in [0.717, 1.165) is 24.2 Å². The highest BCUT2D eigenvalue weighted by Crippen LogP contribution is 2.22. The number of halogens is 1. The third-order valence-electron chi connectivity index (χ3n) is 2.42. The van der Waals surface area contributed by atoms with Crippen LogP contribution in [0.15, 0.2) is 33.7 Å². The Labute approximate surface area is 116 Å². The smallest absolute Gasteiger partial charge is 0.227 e. The van der Waals surface area contributed by atoms with Crippen molar-refractivity contribution in [2.24, 2.45) is 0 Å². The van der Waals surface area contributed by atoms with Crippen LogP contribution in [0.5, 0.6) is 0 Å². The molecule has 0 radical (unpaired) electrons. The fraction of sp³-hybridized carbons (Fsp3) is 0.385. The molecule has 96 valence electrons. The van der Waals surface area contributed by atoms with Gasteiger partial charge < -0.3 is 4.52 Å². The van der Waals surface area contributed by atoms with Gasteiger partial charge in [-0.3, -0.25) is 0 Å². The Morgan fingerprint density at radius 3 is 2.72 bits per heavy atom. The monoisotopic (exact) mass is 282 g/mol. The molecule has 2 rings (SSSR count). The Bertz CT molecular complexity index is 484. The summed E-state index contributed by atoms with van der Waals surface area (Å²) in [4.78, 5) is 5.61. The molecule has 0 saturated heterocycles. The van der Waals surface area contributed by atoms with E-state index >= 15 is 0 Å². The number of benzene rings is 1. The number of hydrogen-bond donors (Lipinski definition) is 0. The molecule has 18 heavy (non-hydrogen) atoms.